The average Bonchev–Trinajstić information content (AvgIpc) is 2.77. The number of aromatic amines is 1. The Bertz CT molecular complexity index is 1050. The van der Waals surface area contributed by atoms with Crippen molar-refractivity contribution in [1.82, 2.24) is 4.98 Å². The van der Waals surface area contributed by atoms with Crippen LogP contribution in [0.3, 0.4) is 0 Å². The fraction of sp³-hybridized carbons (Fsp3) is 0.333. The number of amides is 1. The van der Waals surface area contributed by atoms with Crippen LogP contribution in [0.15, 0.2) is 59.4 Å². The molecule has 2 aromatic carbocycles. The van der Waals surface area contributed by atoms with Gasteiger partial charge in [0.25, 0.3) is 0 Å². The molecule has 0 radical (unpaired) electrons. The molecular formula is C24H26N2O3. The van der Waals surface area contributed by atoms with Gasteiger partial charge in [0.15, 0.2) is 0 Å². The summed E-state index contributed by atoms with van der Waals surface area (Å²) in [5.74, 6) is 0.929. The summed E-state index contributed by atoms with van der Waals surface area (Å²) in [7, 11) is 1.63. The molecule has 150 valence electrons. The predicted molar refractivity (Wildman–Crippen MR) is 115 cm³/mol. The SMILES string of the molecule is COc1ccc(N(Cc2cc(=O)[nH]c3ccccc23)C(=O)C2CCCCC2)cc1. The first-order valence-electron chi connectivity index (χ1n) is 10.2. The second-order valence-corrected chi connectivity index (χ2v) is 7.66. The number of benzene rings is 2. The third kappa shape index (κ3) is 4.19. The molecule has 1 aliphatic carbocycles. The molecule has 5 heteroatoms. The maximum absolute atomic E-state index is 13.5. The van der Waals surface area contributed by atoms with Crippen molar-refractivity contribution in [3.05, 3.63) is 70.5 Å². The van der Waals surface area contributed by atoms with Crippen LogP contribution in [0.2, 0.25) is 0 Å². The van der Waals surface area contributed by atoms with E-state index in [1.807, 2.05) is 53.4 Å². The van der Waals surface area contributed by atoms with Gasteiger partial charge in [0, 0.05) is 28.6 Å². The van der Waals surface area contributed by atoms with Crippen LogP contribution in [-0.4, -0.2) is 18.0 Å². The Hall–Kier alpha value is -3.08. The Balaban J connectivity index is 1.74. The molecule has 0 unspecified atom stereocenters. The fourth-order valence-electron chi connectivity index (χ4n) is 4.21. The first-order valence-corrected chi connectivity index (χ1v) is 10.2. The molecule has 1 aliphatic rings. The molecule has 1 amide bonds. The number of nitrogens with zero attached hydrogens (tertiary/aromatic N) is 1. The van der Waals surface area contributed by atoms with Gasteiger partial charge in [-0.15, -0.1) is 0 Å². The summed E-state index contributed by atoms with van der Waals surface area (Å²) in [6.45, 7) is 0.367. The van der Waals surface area contributed by atoms with Gasteiger partial charge in [0.05, 0.1) is 13.7 Å². The van der Waals surface area contributed by atoms with Crippen LogP contribution in [0.5, 0.6) is 5.75 Å². The fourth-order valence-corrected chi connectivity index (χ4v) is 4.21. The van der Waals surface area contributed by atoms with Gasteiger partial charge < -0.3 is 14.6 Å². The van der Waals surface area contributed by atoms with Crippen molar-refractivity contribution < 1.29 is 9.53 Å². The number of anilines is 1. The highest BCUT2D eigenvalue weighted by Crippen LogP contribution is 2.30. The maximum atomic E-state index is 13.5. The molecule has 5 nitrogen and oxygen atoms in total. The van der Waals surface area contributed by atoms with E-state index in [1.165, 1.54) is 6.42 Å². The zero-order valence-electron chi connectivity index (χ0n) is 16.7. The summed E-state index contributed by atoms with van der Waals surface area (Å²) in [6, 6.07) is 16.9. The number of H-pyrrole nitrogens is 1. The van der Waals surface area contributed by atoms with Crippen molar-refractivity contribution in [2.45, 2.75) is 38.6 Å². The molecule has 4 rings (SSSR count). The third-order valence-corrected chi connectivity index (χ3v) is 5.77. The zero-order valence-corrected chi connectivity index (χ0v) is 16.7. The number of aromatic nitrogens is 1. The van der Waals surface area contributed by atoms with E-state index in [-0.39, 0.29) is 17.4 Å². The van der Waals surface area contributed by atoms with Gasteiger partial charge in [-0.25, -0.2) is 0 Å². The lowest BCUT2D eigenvalue weighted by Crippen LogP contribution is -2.37. The number of ether oxygens (including phenoxy) is 1. The van der Waals surface area contributed by atoms with Crippen molar-refractivity contribution >= 4 is 22.5 Å². The molecule has 1 fully saturated rings. The Morgan fingerprint density at radius 2 is 1.79 bits per heavy atom. The van der Waals surface area contributed by atoms with Gasteiger partial charge in [0.2, 0.25) is 11.5 Å². The Morgan fingerprint density at radius 3 is 2.52 bits per heavy atom. The van der Waals surface area contributed by atoms with Crippen molar-refractivity contribution in [3.8, 4) is 5.75 Å². The third-order valence-electron chi connectivity index (χ3n) is 5.77. The number of methoxy groups -OCH3 is 1. The van der Waals surface area contributed by atoms with E-state index in [0.717, 1.165) is 53.6 Å². The number of nitrogens with one attached hydrogen (secondary N) is 1. The molecule has 0 saturated heterocycles. The van der Waals surface area contributed by atoms with E-state index < -0.39 is 0 Å². The lowest BCUT2D eigenvalue weighted by molar-refractivity contribution is -0.123. The quantitative estimate of drug-likeness (QED) is 0.690. The number of fused-ring (bicyclic) bond motifs is 1. The van der Waals surface area contributed by atoms with E-state index in [2.05, 4.69) is 4.98 Å². The molecule has 29 heavy (non-hydrogen) atoms. The summed E-state index contributed by atoms with van der Waals surface area (Å²) in [4.78, 5) is 30.4. The van der Waals surface area contributed by atoms with Gasteiger partial charge >= 0.3 is 0 Å². The number of carbonyl (C=O) groups is 1. The molecule has 1 aromatic heterocycles. The number of rotatable bonds is 5. The Labute approximate surface area is 170 Å². The van der Waals surface area contributed by atoms with Crippen LogP contribution in [0.1, 0.15) is 37.7 Å². The second kappa shape index (κ2) is 8.52. The summed E-state index contributed by atoms with van der Waals surface area (Å²) >= 11 is 0. The largest absolute Gasteiger partial charge is 0.497 e. The monoisotopic (exact) mass is 390 g/mol. The minimum atomic E-state index is -0.154. The van der Waals surface area contributed by atoms with E-state index in [4.69, 9.17) is 4.74 Å². The topological polar surface area (TPSA) is 62.4 Å². The molecule has 1 heterocycles. The van der Waals surface area contributed by atoms with E-state index in [1.54, 1.807) is 13.2 Å². The van der Waals surface area contributed by atoms with Crippen molar-refractivity contribution in [1.29, 1.82) is 0 Å². The summed E-state index contributed by atoms with van der Waals surface area (Å²) in [5, 5.41) is 0.960. The first-order chi connectivity index (χ1) is 14.2. The highest BCUT2D eigenvalue weighted by Gasteiger charge is 2.27. The average molecular weight is 390 g/mol. The number of pyridine rings is 1. The highest BCUT2D eigenvalue weighted by molar-refractivity contribution is 5.96. The molecule has 3 aromatic rings. The van der Waals surface area contributed by atoms with Crippen LogP contribution in [-0.2, 0) is 11.3 Å². The van der Waals surface area contributed by atoms with Crippen molar-refractivity contribution in [2.75, 3.05) is 12.0 Å². The highest BCUT2D eigenvalue weighted by atomic mass is 16.5. The predicted octanol–water partition coefficient (Wildman–Crippen LogP) is 4.65. The molecule has 0 spiro atoms. The van der Waals surface area contributed by atoms with Crippen LogP contribution in [0.4, 0.5) is 5.69 Å². The summed E-state index contributed by atoms with van der Waals surface area (Å²) in [5.41, 5.74) is 2.31. The summed E-state index contributed by atoms with van der Waals surface area (Å²) < 4.78 is 5.27. The normalized spacial score (nSPS) is 14.7. The lowest BCUT2D eigenvalue weighted by atomic mass is 9.88. The number of hydrogen-bond donors (Lipinski definition) is 1. The number of carbonyl (C=O) groups excluding carboxylic acids is 1. The molecule has 1 saturated carbocycles. The first kappa shape index (κ1) is 19.2. The zero-order chi connectivity index (χ0) is 20.2. The van der Waals surface area contributed by atoms with E-state index in [0.29, 0.717) is 6.54 Å². The van der Waals surface area contributed by atoms with Crippen molar-refractivity contribution in [2.24, 2.45) is 5.92 Å². The van der Waals surface area contributed by atoms with Crippen LogP contribution >= 0.6 is 0 Å². The minimum Gasteiger partial charge on any atom is -0.497 e. The Morgan fingerprint density at radius 1 is 1.07 bits per heavy atom. The summed E-state index contributed by atoms with van der Waals surface area (Å²) in [6.07, 6.45) is 5.26. The van der Waals surface area contributed by atoms with E-state index in [9.17, 15) is 9.59 Å². The van der Waals surface area contributed by atoms with E-state index >= 15 is 0 Å². The van der Waals surface area contributed by atoms with Gasteiger partial charge in [-0.3, -0.25) is 9.59 Å². The molecular weight excluding hydrogens is 364 g/mol. The molecule has 1 N–H and O–H groups in total. The lowest BCUT2D eigenvalue weighted by Gasteiger charge is -2.30. The van der Waals surface area contributed by atoms with Gasteiger partial charge in [-0.1, -0.05) is 37.5 Å². The number of hydrogen-bond acceptors (Lipinski definition) is 3. The minimum absolute atomic E-state index is 0.0408. The van der Waals surface area contributed by atoms with Crippen LogP contribution < -0.4 is 15.2 Å². The smallest absolute Gasteiger partial charge is 0.248 e. The second-order valence-electron chi connectivity index (χ2n) is 7.66. The Kier molecular flexibility index (Phi) is 5.65. The van der Waals surface area contributed by atoms with Crippen molar-refractivity contribution in [3.63, 3.8) is 0 Å². The molecule has 0 aliphatic heterocycles. The van der Waals surface area contributed by atoms with Gasteiger partial charge in [-0.2, -0.15) is 0 Å². The number of para-hydroxylation sites is 1. The standard InChI is InChI=1S/C24H26N2O3/c1-29-20-13-11-19(12-14-20)26(24(28)17-7-3-2-4-8-17)16-18-15-23(27)25-22-10-6-5-9-21(18)22/h5-6,9-15,17H,2-4,7-8,16H2,1H3,(H,25,27). The van der Waals surface area contributed by atoms with Gasteiger partial charge in [-0.05, 0) is 48.7 Å². The molecule has 0 atom stereocenters. The van der Waals surface area contributed by atoms with Crippen LogP contribution in [0, 0.1) is 5.92 Å². The van der Waals surface area contributed by atoms with Crippen LogP contribution in [0.25, 0.3) is 10.9 Å². The molecule has 0 bridgehead atoms. The maximum Gasteiger partial charge on any atom is 0.248 e. The van der Waals surface area contributed by atoms with Gasteiger partial charge in [0.1, 0.15) is 5.75 Å².